The van der Waals surface area contributed by atoms with E-state index in [0.29, 0.717) is 12.6 Å². The minimum absolute atomic E-state index is 0.376. The van der Waals surface area contributed by atoms with Crippen molar-refractivity contribution >= 4 is 0 Å². The maximum absolute atomic E-state index is 5.98. The number of likely N-dealkylation sites (tertiary alicyclic amines) is 1. The Balaban J connectivity index is 1.84. The number of benzene rings is 1. The fraction of sp³-hybridized carbons (Fsp3) is 0.571. The normalized spacial score (nSPS) is 18.2. The first-order chi connectivity index (χ1) is 8.31. The van der Waals surface area contributed by atoms with Gasteiger partial charge in [0.25, 0.3) is 0 Å². The zero-order chi connectivity index (χ0) is 12.1. The molecule has 0 amide bonds. The summed E-state index contributed by atoms with van der Waals surface area (Å²) in [7, 11) is 0. The van der Waals surface area contributed by atoms with Crippen molar-refractivity contribution in [1.29, 1.82) is 0 Å². The van der Waals surface area contributed by atoms with E-state index in [2.05, 4.69) is 11.8 Å². The maximum atomic E-state index is 5.98. The topological polar surface area (TPSA) is 38.5 Å². The molecule has 0 spiro atoms. The quantitative estimate of drug-likeness (QED) is 0.866. The average molecular weight is 234 g/mol. The van der Waals surface area contributed by atoms with Crippen LogP contribution in [-0.4, -0.2) is 30.6 Å². The lowest BCUT2D eigenvalue weighted by Crippen LogP contribution is -2.37. The minimum atomic E-state index is 0.376. The molecule has 1 fully saturated rings. The van der Waals surface area contributed by atoms with Gasteiger partial charge in [0, 0.05) is 19.6 Å². The molecule has 1 heterocycles. The van der Waals surface area contributed by atoms with Crippen LogP contribution in [0, 0.1) is 0 Å². The van der Waals surface area contributed by atoms with Crippen LogP contribution in [0.15, 0.2) is 24.3 Å². The smallest absolute Gasteiger partial charge is 0.119 e. The van der Waals surface area contributed by atoms with Gasteiger partial charge in [0.1, 0.15) is 11.9 Å². The van der Waals surface area contributed by atoms with Crippen molar-refractivity contribution in [3.63, 3.8) is 0 Å². The van der Waals surface area contributed by atoms with Crippen molar-refractivity contribution in [1.82, 2.24) is 4.90 Å². The van der Waals surface area contributed by atoms with Crippen LogP contribution in [0.2, 0.25) is 0 Å². The van der Waals surface area contributed by atoms with E-state index in [1.807, 2.05) is 24.3 Å². The van der Waals surface area contributed by atoms with Crippen LogP contribution in [0.3, 0.4) is 0 Å². The Morgan fingerprint density at radius 2 is 1.88 bits per heavy atom. The van der Waals surface area contributed by atoms with Gasteiger partial charge in [0.15, 0.2) is 0 Å². The van der Waals surface area contributed by atoms with Crippen molar-refractivity contribution in [2.24, 2.45) is 5.73 Å². The lowest BCUT2D eigenvalue weighted by atomic mass is 10.1. The molecule has 1 aromatic carbocycles. The van der Waals surface area contributed by atoms with E-state index >= 15 is 0 Å². The number of nitrogens with two attached hydrogens (primary N) is 1. The highest BCUT2D eigenvalue weighted by Gasteiger charge is 2.19. The standard InChI is InChI=1S/C14H22N2O/c1-2-16-9-7-14(8-10-16)17-13-5-3-12(11-15)4-6-13/h3-6,14H,2,7-11,15H2,1H3. The van der Waals surface area contributed by atoms with E-state index < -0.39 is 0 Å². The van der Waals surface area contributed by atoms with Crippen LogP contribution in [0.1, 0.15) is 25.3 Å². The summed E-state index contributed by atoms with van der Waals surface area (Å²) in [6.45, 7) is 6.27. The maximum Gasteiger partial charge on any atom is 0.119 e. The first-order valence-electron chi connectivity index (χ1n) is 6.50. The van der Waals surface area contributed by atoms with Gasteiger partial charge in [-0.2, -0.15) is 0 Å². The summed E-state index contributed by atoms with van der Waals surface area (Å²) in [5.74, 6) is 0.970. The SMILES string of the molecule is CCN1CCC(Oc2ccc(CN)cc2)CC1. The summed E-state index contributed by atoms with van der Waals surface area (Å²) in [5, 5.41) is 0. The van der Waals surface area contributed by atoms with Gasteiger partial charge in [-0.15, -0.1) is 0 Å². The molecule has 1 aliphatic heterocycles. The Morgan fingerprint density at radius 3 is 2.41 bits per heavy atom. The molecule has 0 bridgehead atoms. The Morgan fingerprint density at radius 1 is 1.24 bits per heavy atom. The Hall–Kier alpha value is -1.06. The second-order valence-corrected chi connectivity index (χ2v) is 4.60. The fourth-order valence-electron chi connectivity index (χ4n) is 2.24. The third kappa shape index (κ3) is 3.45. The summed E-state index contributed by atoms with van der Waals surface area (Å²) < 4.78 is 5.98. The molecule has 94 valence electrons. The summed E-state index contributed by atoms with van der Waals surface area (Å²) >= 11 is 0. The van der Waals surface area contributed by atoms with Crippen molar-refractivity contribution < 1.29 is 4.74 Å². The number of nitrogens with zero attached hydrogens (tertiary/aromatic N) is 1. The monoisotopic (exact) mass is 234 g/mol. The van der Waals surface area contributed by atoms with Crippen molar-refractivity contribution in [3.05, 3.63) is 29.8 Å². The van der Waals surface area contributed by atoms with Crippen LogP contribution >= 0.6 is 0 Å². The van der Waals surface area contributed by atoms with E-state index in [1.54, 1.807) is 0 Å². The van der Waals surface area contributed by atoms with Gasteiger partial charge in [-0.05, 0) is 37.1 Å². The average Bonchev–Trinajstić information content (AvgIpc) is 2.40. The third-order valence-corrected chi connectivity index (χ3v) is 3.44. The van der Waals surface area contributed by atoms with Crippen LogP contribution < -0.4 is 10.5 Å². The van der Waals surface area contributed by atoms with Crippen molar-refractivity contribution in [3.8, 4) is 5.75 Å². The highest BCUT2D eigenvalue weighted by atomic mass is 16.5. The van der Waals surface area contributed by atoms with Gasteiger partial charge >= 0.3 is 0 Å². The molecular weight excluding hydrogens is 212 g/mol. The molecule has 0 saturated carbocycles. The third-order valence-electron chi connectivity index (χ3n) is 3.44. The molecule has 17 heavy (non-hydrogen) atoms. The van der Waals surface area contributed by atoms with Crippen molar-refractivity contribution in [2.45, 2.75) is 32.4 Å². The van der Waals surface area contributed by atoms with Crippen LogP contribution in [-0.2, 0) is 6.54 Å². The van der Waals surface area contributed by atoms with Crippen LogP contribution in [0.25, 0.3) is 0 Å². The van der Waals surface area contributed by atoms with Gasteiger partial charge < -0.3 is 15.4 Å². The summed E-state index contributed by atoms with van der Waals surface area (Å²) in [6.07, 6.45) is 2.64. The molecule has 1 aromatic rings. The minimum Gasteiger partial charge on any atom is -0.490 e. The molecule has 0 aromatic heterocycles. The molecular formula is C14H22N2O. The second kappa shape index (κ2) is 6.03. The van der Waals surface area contributed by atoms with Gasteiger partial charge in [-0.25, -0.2) is 0 Å². The number of piperidine rings is 1. The van der Waals surface area contributed by atoms with E-state index in [4.69, 9.17) is 10.5 Å². The molecule has 2 rings (SSSR count). The van der Waals surface area contributed by atoms with Crippen molar-refractivity contribution in [2.75, 3.05) is 19.6 Å². The number of rotatable bonds is 4. The molecule has 0 radical (unpaired) electrons. The molecule has 1 aliphatic rings. The van der Waals surface area contributed by atoms with Crippen LogP contribution in [0.4, 0.5) is 0 Å². The van der Waals surface area contributed by atoms with Crippen LogP contribution in [0.5, 0.6) is 5.75 Å². The number of hydrogen-bond acceptors (Lipinski definition) is 3. The zero-order valence-corrected chi connectivity index (χ0v) is 10.6. The molecule has 0 aliphatic carbocycles. The largest absolute Gasteiger partial charge is 0.490 e. The van der Waals surface area contributed by atoms with E-state index in [0.717, 1.165) is 43.8 Å². The predicted molar refractivity (Wildman–Crippen MR) is 70.1 cm³/mol. The molecule has 0 atom stereocenters. The van der Waals surface area contributed by atoms with Gasteiger partial charge in [-0.3, -0.25) is 0 Å². The first-order valence-corrected chi connectivity index (χ1v) is 6.50. The predicted octanol–water partition coefficient (Wildman–Crippen LogP) is 2.01. The summed E-state index contributed by atoms with van der Waals surface area (Å²) in [4.78, 5) is 2.47. The van der Waals surface area contributed by atoms with Gasteiger partial charge in [-0.1, -0.05) is 19.1 Å². The second-order valence-electron chi connectivity index (χ2n) is 4.60. The molecule has 1 saturated heterocycles. The van der Waals surface area contributed by atoms with E-state index in [-0.39, 0.29) is 0 Å². The molecule has 3 heteroatoms. The lowest BCUT2D eigenvalue weighted by Gasteiger charge is -2.31. The first kappa shape index (κ1) is 12.4. The Labute approximate surface area is 104 Å². The summed E-state index contributed by atoms with van der Waals surface area (Å²) in [6, 6.07) is 8.12. The molecule has 0 unspecified atom stereocenters. The Kier molecular flexibility index (Phi) is 4.40. The Bertz CT molecular complexity index is 329. The zero-order valence-electron chi connectivity index (χ0n) is 10.6. The van der Waals surface area contributed by atoms with Gasteiger partial charge in [0.05, 0.1) is 0 Å². The fourth-order valence-corrected chi connectivity index (χ4v) is 2.24. The number of ether oxygens (including phenoxy) is 1. The lowest BCUT2D eigenvalue weighted by molar-refractivity contribution is 0.104. The highest BCUT2D eigenvalue weighted by molar-refractivity contribution is 5.27. The van der Waals surface area contributed by atoms with E-state index in [9.17, 15) is 0 Å². The van der Waals surface area contributed by atoms with Gasteiger partial charge in [0.2, 0.25) is 0 Å². The highest BCUT2D eigenvalue weighted by Crippen LogP contribution is 2.19. The molecule has 3 nitrogen and oxygen atoms in total. The van der Waals surface area contributed by atoms with E-state index in [1.165, 1.54) is 0 Å². The summed E-state index contributed by atoms with van der Waals surface area (Å²) in [5.41, 5.74) is 6.72. The molecule has 2 N–H and O–H groups in total. The number of hydrogen-bond donors (Lipinski definition) is 1.